The van der Waals surface area contributed by atoms with Crippen LogP contribution in [0.4, 0.5) is 0 Å². The van der Waals surface area contributed by atoms with Gasteiger partial charge in [0, 0.05) is 5.56 Å². The van der Waals surface area contributed by atoms with Crippen molar-refractivity contribution in [1.29, 1.82) is 5.26 Å². The molecule has 0 spiro atoms. The Kier molecular flexibility index (Phi) is 6.00. The summed E-state index contributed by atoms with van der Waals surface area (Å²) in [5.41, 5.74) is 2.81. The fraction of sp³-hybridized carbons (Fsp3) is 0.190. The number of nitriles is 1. The minimum absolute atomic E-state index is 0.000157. The predicted octanol–water partition coefficient (Wildman–Crippen LogP) is 3.81. The lowest BCUT2D eigenvalue weighted by Gasteiger charge is -2.09. The van der Waals surface area contributed by atoms with E-state index in [1.807, 2.05) is 36.4 Å². The molecule has 8 heteroatoms. The van der Waals surface area contributed by atoms with Crippen molar-refractivity contribution >= 4 is 22.3 Å². The molecule has 0 saturated carbocycles. The summed E-state index contributed by atoms with van der Waals surface area (Å²) in [5, 5.41) is 23.7. The molecule has 0 unspecified atom stereocenters. The Bertz CT molecular complexity index is 1090. The number of oxime groups is 1. The summed E-state index contributed by atoms with van der Waals surface area (Å²) in [6, 6.07) is 14.7. The molecule has 1 heterocycles. The number of fused-ring (bicyclic) bond motifs is 1. The molecule has 2 N–H and O–H groups in total. The van der Waals surface area contributed by atoms with Gasteiger partial charge in [-0.3, -0.25) is 0 Å². The van der Waals surface area contributed by atoms with Gasteiger partial charge < -0.3 is 24.4 Å². The quantitative estimate of drug-likeness (QED) is 0.274. The van der Waals surface area contributed by atoms with Gasteiger partial charge in [-0.15, -0.1) is 0 Å². The van der Waals surface area contributed by atoms with E-state index in [0.717, 1.165) is 11.1 Å². The Morgan fingerprint density at radius 3 is 2.62 bits per heavy atom. The molecule has 29 heavy (non-hydrogen) atoms. The maximum atomic E-state index is 10.3. The second-order valence-electron chi connectivity index (χ2n) is 6.06. The van der Waals surface area contributed by atoms with Gasteiger partial charge in [0.15, 0.2) is 29.7 Å². The number of para-hydroxylation sites is 2. The van der Waals surface area contributed by atoms with Crippen LogP contribution in [0.1, 0.15) is 18.3 Å². The van der Waals surface area contributed by atoms with Gasteiger partial charge in [-0.25, -0.2) is 4.98 Å². The molecule has 0 bridgehead atoms. The molecule has 0 aliphatic heterocycles. The molecular weight excluding hydrogens is 372 g/mol. The Morgan fingerprint density at radius 1 is 1.17 bits per heavy atom. The lowest BCUT2D eigenvalue weighted by molar-refractivity contribution is 0.137. The maximum Gasteiger partial charge on any atom is 0.175 e. The number of hydrogen-bond donors (Lipinski definition) is 2. The van der Waals surface area contributed by atoms with E-state index in [9.17, 15) is 10.4 Å². The fourth-order valence-electron chi connectivity index (χ4n) is 2.70. The van der Waals surface area contributed by atoms with Crippen LogP contribution < -0.4 is 9.47 Å². The molecule has 2 aromatic carbocycles. The Balaban J connectivity index is 1.76. The number of benzene rings is 2. The van der Waals surface area contributed by atoms with Crippen LogP contribution in [0.25, 0.3) is 16.6 Å². The van der Waals surface area contributed by atoms with E-state index in [1.54, 1.807) is 33.3 Å². The number of aliphatic hydroxyl groups is 1. The summed E-state index contributed by atoms with van der Waals surface area (Å²) < 4.78 is 10.5. The van der Waals surface area contributed by atoms with E-state index in [0.29, 0.717) is 22.7 Å². The molecule has 0 radical (unpaired) electrons. The van der Waals surface area contributed by atoms with Gasteiger partial charge in [0.2, 0.25) is 0 Å². The standard InChI is InChI=1S/C21H20N4O4/c1-13(14-8-9-19(27-2)20(10-14)28-3)25-29-12-18(26)15(11-22)21-23-16-6-4-5-7-17(16)24-21/h4-10,26H,12H2,1-3H3,(H,23,24)/b18-15-,25-13+. The number of rotatable bonds is 7. The maximum absolute atomic E-state index is 10.3. The van der Waals surface area contributed by atoms with E-state index >= 15 is 0 Å². The van der Waals surface area contributed by atoms with Crippen LogP contribution in [0.3, 0.4) is 0 Å². The van der Waals surface area contributed by atoms with Crippen molar-refractivity contribution < 1.29 is 19.4 Å². The highest BCUT2D eigenvalue weighted by Crippen LogP contribution is 2.27. The molecule has 8 nitrogen and oxygen atoms in total. The summed E-state index contributed by atoms with van der Waals surface area (Å²) in [5.74, 6) is 1.18. The minimum Gasteiger partial charge on any atom is -0.507 e. The molecule has 0 aliphatic carbocycles. The van der Waals surface area contributed by atoms with E-state index in [2.05, 4.69) is 15.1 Å². The molecule has 3 rings (SSSR count). The third-order valence-corrected chi connectivity index (χ3v) is 4.23. The van der Waals surface area contributed by atoms with Crippen LogP contribution in [0.15, 0.2) is 53.4 Å². The van der Waals surface area contributed by atoms with Gasteiger partial charge in [0.05, 0.1) is 31.0 Å². The first-order chi connectivity index (χ1) is 14.1. The minimum atomic E-state index is -0.273. The topological polar surface area (TPSA) is 113 Å². The summed E-state index contributed by atoms with van der Waals surface area (Å²) >= 11 is 0. The average molecular weight is 392 g/mol. The van der Waals surface area contributed by atoms with Crippen molar-refractivity contribution in [3.8, 4) is 17.6 Å². The zero-order valence-corrected chi connectivity index (χ0v) is 16.3. The SMILES string of the molecule is COc1ccc(/C(C)=N/OC/C(O)=C(\C#N)c2nc3ccccc3[nH]2)cc1OC. The lowest BCUT2D eigenvalue weighted by Crippen LogP contribution is -2.02. The number of nitrogens with zero attached hydrogens (tertiary/aromatic N) is 3. The Labute approximate surface area is 167 Å². The fourth-order valence-corrected chi connectivity index (χ4v) is 2.70. The van der Waals surface area contributed by atoms with Gasteiger partial charge in [-0.1, -0.05) is 17.3 Å². The smallest absolute Gasteiger partial charge is 0.175 e. The number of ether oxygens (including phenoxy) is 2. The van der Waals surface area contributed by atoms with Crippen LogP contribution in [0, 0.1) is 11.3 Å². The zero-order chi connectivity index (χ0) is 20.8. The third-order valence-electron chi connectivity index (χ3n) is 4.23. The van der Waals surface area contributed by atoms with E-state index in [-0.39, 0.29) is 23.8 Å². The molecule has 0 amide bonds. The first-order valence-corrected chi connectivity index (χ1v) is 8.73. The van der Waals surface area contributed by atoms with Crippen molar-refractivity contribution in [3.63, 3.8) is 0 Å². The first-order valence-electron chi connectivity index (χ1n) is 8.73. The number of allylic oxidation sites excluding steroid dienone is 1. The molecule has 148 valence electrons. The number of aliphatic hydroxyl groups excluding tert-OH is 1. The van der Waals surface area contributed by atoms with Crippen molar-refractivity contribution in [2.45, 2.75) is 6.92 Å². The van der Waals surface area contributed by atoms with Crippen LogP contribution in [0.5, 0.6) is 11.5 Å². The molecule has 0 fully saturated rings. The number of methoxy groups -OCH3 is 2. The van der Waals surface area contributed by atoms with Crippen molar-refractivity contribution in [2.75, 3.05) is 20.8 Å². The summed E-state index contributed by atoms with van der Waals surface area (Å²) in [6.45, 7) is 1.48. The lowest BCUT2D eigenvalue weighted by atomic mass is 10.1. The molecule has 0 aliphatic rings. The van der Waals surface area contributed by atoms with Crippen molar-refractivity contribution in [3.05, 3.63) is 59.6 Å². The van der Waals surface area contributed by atoms with Gasteiger partial charge >= 0.3 is 0 Å². The van der Waals surface area contributed by atoms with E-state index in [4.69, 9.17) is 14.3 Å². The van der Waals surface area contributed by atoms with Gasteiger partial charge in [0.25, 0.3) is 0 Å². The average Bonchev–Trinajstić information content (AvgIpc) is 3.17. The van der Waals surface area contributed by atoms with Crippen molar-refractivity contribution in [1.82, 2.24) is 9.97 Å². The first kappa shape index (κ1) is 19.8. The molecule has 1 aromatic heterocycles. The number of imidazole rings is 1. The van der Waals surface area contributed by atoms with Crippen LogP contribution in [0.2, 0.25) is 0 Å². The normalized spacial score (nSPS) is 12.3. The Morgan fingerprint density at radius 2 is 1.93 bits per heavy atom. The summed E-state index contributed by atoms with van der Waals surface area (Å²) in [4.78, 5) is 12.6. The number of aromatic amines is 1. The second-order valence-corrected chi connectivity index (χ2v) is 6.06. The number of aromatic nitrogens is 2. The molecule has 3 aromatic rings. The van der Waals surface area contributed by atoms with Crippen LogP contribution in [-0.2, 0) is 4.84 Å². The van der Waals surface area contributed by atoms with E-state index < -0.39 is 0 Å². The number of hydrogen-bond acceptors (Lipinski definition) is 7. The monoisotopic (exact) mass is 392 g/mol. The Hall–Kier alpha value is -3.99. The highest BCUT2D eigenvalue weighted by Gasteiger charge is 2.14. The van der Waals surface area contributed by atoms with Gasteiger partial charge in [-0.2, -0.15) is 5.26 Å². The number of H-pyrrole nitrogens is 1. The summed E-state index contributed by atoms with van der Waals surface area (Å²) in [6.07, 6.45) is 0. The van der Waals surface area contributed by atoms with Crippen LogP contribution in [-0.4, -0.2) is 41.6 Å². The largest absolute Gasteiger partial charge is 0.507 e. The highest BCUT2D eigenvalue weighted by molar-refractivity contribution is 5.98. The molecule has 0 saturated heterocycles. The number of nitrogens with one attached hydrogen (secondary N) is 1. The van der Waals surface area contributed by atoms with Crippen LogP contribution >= 0.6 is 0 Å². The molecule has 0 atom stereocenters. The zero-order valence-electron chi connectivity index (χ0n) is 16.3. The van der Waals surface area contributed by atoms with Gasteiger partial charge in [-0.05, 0) is 37.3 Å². The second kappa shape index (κ2) is 8.80. The predicted molar refractivity (Wildman–Crippen MR) is 109 cm³/mol. The summed E-state index contributed by atoms with van der Waals surface area (Å²) in [7, 11) is 3.11. The third kappa shape index (κ3) is 4.30. The van der Waals surface area contributed by atoms with Gasteiger partial charge in [0.1, 0.15) is 11.6 Å². The van der Waals surface area contributed by atoms with Crippen molar-refractivity contribution in [2.24, 2.45) is 5.16 Å². The van der Waals surface area contributed by atoms with E-state index in [1.165, 1.54) is 0 Å². The molecular formula is C21H20N4O4. The highest BCUT2D eigenvalue weighted by atomic mass is 16.6.